The SMILES string of the molecule is Cc1cccc(S(N)(=O)=O)c1N=CC1CCCCC1. The quantitative estimate of drug-likeness (QED) is 0.865. The lowest BCUT2D eigenvalue weighted by atomic mass is 9.90. The summed E-state index contributed by atoms with van der Waals surface area (Å²) in [4.78, 5) is 4.52. The van der Waals surface area contributed by atoms with E-state index in [1.807, 2.05) is 19.2 Å². The summed E-state index contributed by atoms with van der Waals surface area (Å²) in [6, 6.07) is 5.05. The Morgan fingerprint density at radius 3 is 2.58 bits per heavy atom. The van der Waals surface area contributed by atoms with Crippen LogP contribution >= 0.6 is 0 Å². The van der Waals surface area contributed by atoms with Gasteiger partial charge in [0.25, 0.3) is 0 Å². The summed E-state index contributed by atoms with van der Waals surface area (Å²) in [5.41, 5.74) is 1.31. The van der Waals surface area contributed by atoms with Crippen molar-refractivity contribution >= 4 is 21.9 Å². The Morgan fingerprint density at radius 2 is 1.95 bits per heavy atom. The number of para-hydroxylation sites is 1. The Balaban J connectivity index is 2.31. The maximum atomic E-state index is 11.6. The molecule has 1 aromatic carbocycles. The van der Waals surface area contributed by atoms with Crippen molar-refractivity contribution in [3.63, 3.8) is 0 Å². The van der Waals surface area contributed by atoms with E-state index in [2.05, 4.69) is 4.99 Å². The fourth-order valence-corrected chi connectivity index (χ4v) is 3.24. The second-order valence-corrected chi connectivity index (χ2v) is 6.67. The van der Waals surface area contributed by atoms with Crippen molar-refractivity contribution in [2.45, 2.75) is 43.9 Å². The van der Waals surface area contributed by atoms with E-state index in [1.165, 1.54) is 25.3 Å². The van der Waals surface area contributed by atoms with Crippen molar-refractivity contribution in [1.82, 2.24) is 0 Å². The van der Waals surface area contributed by atoms with E-state index in [4.69, 9.17) is 5.14 Å². The molecule has 1 aliphatic rings. The van der Waals surface area contributed by atoms with E-state index in [-0.39, 0.29) is 4.90 Å². The molecule has 0 aliphatic heterocycles. The average molecular weight is 280 g/mol. The number of hydrogen-bond donors (Lipinski definition) is 1. The molecule has 0 radical (unpaired) electrons. The van der Waals surface area contributed by atoms with Crippen molar-refractivity contribution in [1.29, 1.82) is 0 Å². The van der Waals surface area contributed by atoms with E-state index in [0.29, 0.717) is 11.6 Å². The lowest BCUT2D eigenvalue weighted by Crippen LogP contribution is -2.13. The summed E-state index contributed by atoms with van der Waals surface area (Å²) in [5.74, 6) is 0.460. The zero-order valence-corrected chi connectivity index (χ0v) is 12.0. The topological polar surface area (TPSA) is 72.5 Å². The molecule has 1 fully saturated rings. The van der Waals surface area contributed by atoms with Gasteiger partial charge in [0.15, 0.2) is 0 Å². The highest BCUT2D eigenvalue weighted by Gasteiger charge is 2.16. The van der Waals surface area contributed by atoms with Crippen LogP contribution in [-0.4, -0.2) is 14.6 Å². The van der Waals surface area contributed by atoms with Gasteiger partial charge in [0.2, 0.25) is 10.0 Å². The molecule has 0 spiro atoms. The predicted octanol–water partition coefficient (Wildman–Crippen LogP) is 2.93. The molecule has 0 atom stereocenters. The van der Waals surface area contributed by atoms with Crippen LogP contribution in [-0.2, 0) is 10.0 Å². The number of benzene rings is 1. The minimum absolute atomic E-state index is 0.111. The van der Waals surface area contributed by atoms with Crippen LogP contribution in [0.3, 0.4) is 0 Å². The standard InChI is InChI=1S/C14H20N2O2S/c1-11-6-5-9-13(19(15,17)18)14(11)16-10-12-7-3-2-4-8-12/h5-6,9-10,12H,2-4,7-8H2,1H3,(H2,15,17,18). The number of rotatable bonds is 3. The molecule has 4 nitrogen and oxygen atoms in total. The third-order valence-corrected chi connectivity index (χ3v) is 4.51. The molecule has 19 heavy (non-hydrogen) atoms. The van der Waals surface area contributed by atoms with Crippen LogP contribution in [0.5, 0.6) is 0 Å². The van der Waals surface area contributed by atoms with Crippen molar-refractivity contribution in [2.75, 3.05) is 0 Å². The molecular formula is C14H20N2O2S. The Kier molecular flexibility index (Phi) is 4.37. The van der Waals surface area contributed by atoms with Gasteiger partial charge >= 0.3 is 0 Å². The molecule has 0 unspecified atom stereocenters. The van der Waals surface area contributed by atoms with Gasteiger partial charge in [0.1, 0.15) is 4.90 Å². The highest BCUT2D eigenvalue weighted by Crippen LogP contribution is 2.28. The van der Waals surface area contributed by atoms with Gasteiger partial charge in [-0.15, -0.1) is 0 Å². The fraction of sp³-hybridized carbons (Fsp3) is 0.500. The Morgan fingerprint density at radius 1 is 1.26 bits per heavy atom. The van der Waals surface area contributed by atoms with Crippen LogP contribution in [0, 0.1) is 12.8 Å². The van der Waals surface area contributed by atoms with Gasteiger partial charge in [-0.25, -0.2) is 13.6 Å². The number of aryl methyl sites for hydroxylation is 1. The number of hydrogen-bond acceptors (Lipinski definition) is 3. The Labute approximate surface area is 114 Å². The molecule has 0 amide bonds. The number of nitrogens with two attached hydrogens (primary N) is 1. The Hall–Kier alpha value is -1.20. The van der Waals surface area contributed by atoms with Crippen LogP contribution in [0.15, 0.2) is 28.1 Å². The lowest BCUT2D eigenvalue weighted by molar-refractivity contribution is 0.445. The Bertz CT molecular complexity index is 573. The van der Waals surface area contributed by atoms with Crippen molar-refractivity contribution < 1.29 is 8.42 Å². The van der Waals surface area contributed by atoms with Gasteiger partial charge in [0.05, 0.1) is 5.69 Å². The minimum Gasteiger partial charge on any atom is -0.259 e. The first-order chi connectivity index (χ1) is 8.98. The van der Waals surface area contributed by atoms with Crippen molar-refractivity contribution in [2.24, 2.45) is 16.0 Å². The summed E-state index contributed by atoms with van der Waals surface area (Å²) in [5, 5.41) is 5.23. The van der Waals surface area contributed by atoms with E-state index >= 15 is 0 Å². The zero-order chi connectivity index (χ0) is 13.9. The number of aliphatic imine (C=N–C) groups is 1. The highest BCUT2D eigenvalue weighted by molar-refractivity contribution is 7.89. The van der Waals surface area contributed by atoms with E-state index in [9.17, 15) is 8.42 Å². The molecule has 0 aromatic heterocycles. The van der Waals surface area contributed by atoms with Crippen molar-refractivity contribution in [3.8, 4) is 0 Å². The molecule has 5 heteroatoms. The van der Waals surface area contributed by atoms with E-state index in [0.717, 1.165) is 18.4 Å². The minimum atomic E-state index is -3.72. The number of primary sulfonamides is 1. The van der Waals surface area contributed by atoms with Crippen LogP contribution in [0.4, 0.5) is 5.69 Å². The fourth-order valence-electron chi connectivity index (χ4n) is 2.49. The van der Waals surface area contributed by atoms with Gasteiger partial charge in [-0.2, -0.15) is 0 Å². The maximum absolute atomic E-state index is 11.6. The summed E-state index contributed by atoms with van der Waals surface area (Å²) in [6.07, 6.45) is 7.92. The summed E-state index contributed by atoms with van der Waals surface area (Å²) >= 11 is 0. The molecule has 0 heterocycles. The highest BCUT2D eigenvalue weighted by atomic mass is 32.2. The van der Waals surface area contributed by atoms with Gasteiger partial charge in [-0.1, -0.05) is 31.4 Å². The second-order valence-electron chi connectivity index (χ2n) is 5.14. The first-order valence-electron chi connectivity index (χ1n) is 6.65. The summed E-state index contributed by atoms with van der Waals surface area (Å²) in [7, 11) is -3.72. The van der Waals surface area contributed by atoms with Gasteiger partial charge in [-0.3, -0.25) is 4.99 Å². The molecule has 1 saturated carbocycles. The number of sulfonamides is 1. The smallest absolute Gasteiger partial charge is 0.240 e. The monoisotopic (exact) mass is 280 g/mol. The normalized spacial score (nSPS) is 18.0. The van der Waals surface area contributed by atoms with Gasteiger partial charge < -0.3 is 0 Å². The van der Waals surface area contributed by atoms with E-state index in [1.54, 1.807) is 6.07 Å². The average Bonchev–Trinajstić information content (AvgIpc) is 2.37. The predicted molar refractivity (Wildman–Crippen MR) is 77.3 cm³/mol. The van der Waals surface area contributed by atoms with Gasteiger partial charge in [0, 0.05) is 6.21 Å². The molecule has 104 valence electrons. The molecule has 1 aromatic rings. The third-order valence-electron chi connectivity index (χ3n) is 3.57. The molecule has 0 saturated heterocycles. The maximum Gasteiger partial charge on any atom is 0.240 e. The largest absolute Gasteiger partial charge is 0.259 e. The summed E-state index contributed by atoms with van der Waals surface area (Å²) in [6.45, 7) is 1.85. The number of nitrogens with zero attached hydrogens (tertiary/aromatic N) is 1. The second kappa shape index (κ2) is 5.84. The van der Waals surface area contributed by atoms with Crippen LogP contribution in [0.1, 0.15) is 37.7 Å². The van der Waals surface area contributed by atoms with Crippen molar-refractivity contribution in [3.05, 3.63) is 23.8 Å². The van der Waals surface area contributed by atoms with Crippen LogP contribution in [0.25, 0.3) is 0 Å². The molecule has 2 rings (SSSR count). The zero-order valence-electron chi connectivity index (χ0n) is 11.2. The first kappa shape index (κ1) is 14.2. The molecular weight excluding hydrogens is 260 g/mol. The van der Waals surface area contributed by atoms with Gasteiger partial charge in [-0.05, 0) is 37.3 Å². The van der Waals surface area contributed by atoms with Crippen LogP contribution in [0.2, 0.25) is 0 Å². The lowest BCUT2D eigenvalue weighted by Gasteiger charge is -2.17. The molecule has 2 N–H and O–H groups in total. The third kappa shape index (κ3) is 3.64. The molecule has 0 bridgehead atoms. The van der Waals surface area contributed by atoms with E-state index < -0.39 is 10.0 Å². The molecule has 1 aliphatic carbocycles. The first-order valence-corrected chi connectivity index (χ1v) is 8.20. The van der Waals surface area contributed by atoms with Crippen LogP contribution < -0.4 is 5.14 Å². The summed E-state index contributed by atoms with van der Waals surface area (Å²) < 4.78 is 23.1.